The monoisotopic (exact) mass is 252 g/mol. The predicted octanol–water partition coefficient (Wildman–Crippen LogP) is 2.59. The van der Waals surface area contributed by atoms with Crippen molar-refractivity contribution in [2.45, 2.75) is 19.3 Å². The summed E-state index contributed by atoms with van der Waals surface area (Å²) >= 11 is 0. The number of Topliss-reactive ketones (excluding diaryl/α,β-unsaturated/α-hetero) is 1. The van der Waals surface area contributed by atoms with Crippen molar-refractivity contribution in [3.8, 4) is 0 Å². The van der Waals surface area contributed by atoms with Crippen molar-refractivity contribution in [2.75, 3.05) is 0 Å². The Bertz CT molecular complexity index is 536. The van der Waals surface area contributed by atoms with Crippen LogP contribution in [-0.2, 0) is 4.79 Å². The van der Waals surface area contributed by atoms with E-state index in [1.54, 1.807) is 0 Å². The molecule has 0 atom stereocenters. The largest absolute Gasteiger partial charge is 0.361 e. The van der Waals surface area contributed by atoms with Crippen molar-refractivity contribution in [3.63, 3.8) is 0 Å². The van der Waals surface area contributed by atoms with Crippen molar-refractivity contribution in [2.24, 2.45) is 0 Å². The zero-order chi connectivity index (χ0) is 13.1. The first-order valence-electron chi connectivity index (χ1n) is 6.57. The van der Waals surface area contributed by atoms with Crippen LogP contribution in [0.5, 0.6) is 0 Å². The van der Waals surface area contributed by atoms with Gasteiger partial charge < -0.3 is 10.6 Å². The molecule has 3 heteroatoms. The zero-order valence-corrected chi connectivity index (χ0v) is 10.6. The van der Waals surface area contributed by atoms with Gasteiger partial charge in [0.05, 0.1) is 0 Å². The summed E-state index contributed by atoms with van der Waals surface area (Å²) < 4.78 is 0. The maximum atomic E-state index is 12.6. The van der Waals surface area contributed by atoms with E-state index in [0.29, 0.717) is 0 Å². The Kier molecular flexibility index (Phi) is 3.19. The molecule has 3 aliphatic rings. The van der Waals surface area contributed by atoms with Crippen LogP contribution in [0.1, 0.15) is 19.3 Å². The molecule has 96 valence electrons. The lowest BCUT2D eigenvalue weighted by Crippen LogP contribution is -2.22. The summed E-state index contributed by atoms with van der Waals surface area (Å²) in [5, 5.41) is 6.32. The summed E-state index contributed by atoms with van der Waals surface area (Å²) in [7, 11) is 0. The number of allylic oxidation sites excluding steroid dienone is 8. The third kappa shape index (κ3) is 2.32. The number of hydrogen-bond donors (Lipinski definition) is 2. The Morgan fingerprint density at radius 3 is 1.74 bits per heavy atom. The third-order valence-corrected chi connectivity index (χ3v) is 3.47. The molecule has 0 saturated heterocycles. The van der Waals surface area contributed by atoms with E-state index in [0.717, 1.165) is 41.8 Å². The van der Waals surface area contributed by atoms with Crippen molar-refractivity contribution in [1.82, 2.24) is 10.6 Å². The summed E-state index contributed by atoms with van der Waals surface area (Å²) in [4.78, 5) is 12.6. The number of rotatable bonds is 0. The fourth-order valence-electron chi connectivity index (χ4n) is 2.53. The summed E-state index contributed by atoms with van der Waals surface area (Å²) in [5.41, 5.74) is 3.64. The summed E-state index contributed by atoms with van der Waals surface area (Å²) in [6.45, 7) is 0. The van der Waals surface area contributed by atoms with Crippen LogP contribution < -0.4 is 10.6 Å². The van der Waals surface area contributed by atoms with Gasteiger partial charge in [-0.3, -0.25) is 4.79 Å². The molecule has 0 spiro atoms. The number of carbonyl (C=O) groups excluding carboxylic acids is 1. The van der Waals surface area contributed by atoms with Crippen LogP contribution in [0.4, 0.5) is 0 Å². The molecule has 19 heavy (non-hydrogen) atoms. The number of hydrogen-bond acceptors (Lipinski definition) is 3. The fraction of sp³-hybridized carbons (Fsp3) is 0.188. The van der Waals surface area contributed by atoms with Crippen LogP contribution in [-0.4, -0.2) is 5.78 Å². The minimum atomic E-state index is 0.163. The molecule has 2 heterocycles. The minimum absolute atomic E-state index is 0.163. The molecule has 3 nitrogen and oxygen atoms in total. The summed E-state index contributed by atoms with van der Waals surface area (Å²) in [6.07, 6.45) is 18.1. The molecule has 0 radical (unpaired) electrons. The Hall–Kier alpha value is -2.29. The van der Waals surface area contributed by atoms with Crippen molar-refractivity contribution in [1.29, 1.82) is 0 Å². The van der Waals surface area contributed by atoms with Crippen LogP contribution in [0, 0.1) is 0 Å². The van der Waals surface area contributed by atoms with Crippen LogP contribution in [0.15, 0.2) is 71.4 Å². The van der Waals surface area contributed by atoms with Gasteiger partial charge in [0.25, 0.3) is 0 Å². The first-order chi connectivity index (χ1) is 9.36. The van der Waals surface area contributed by atoms with Gasteiger partial charge in [-0.25, -0.2) is 0 Å². The maximum absolute atomic E-state index is 12.6. The average Bonchev–Trinajstić information content (AvgIpc) is 2.49. The normalized spacial score (nSPS) is 29.4. The van der Waals surface area contributed by atoms with Gasteiger partial charge in [-0.1, -0.05) is 12.2 Å². The highest BCUT2D eigenvalue weighted by Gasteiger charge is 2.25. The SMILES string of the molecule is O=C1C(=C2C=CC=CN2)CCCC1=C1C=CC=CN1. The van der Waals surface area contributed by atoms with Crippen LogP contribution in [0.2, 0.25) is 0 Å². The number of ketones is 1. The number of dihydropyridines is 2. The Morgan fingerprint density at radius 2 is 1.32 bits per heavy atom. The highest BCUT2D eigenvalue weighted by Crippen LogP contribution is 2.29. The maximum Gasteiger partial charge on any atom is 0.189 e. The second kappa shape index (κ2) is 5.14. The number of carbonyl (C=O) groups is 1. The molecule has 0 aromatic heterocycles. The lowest BCUT2D eigenvalue weighted by atomic mass is 9.86. The third-order valence-electron chi connectivity index (χ3n) is 3.47. The Balaban J connectivity index is 1.96. The molecule has 1 fully saturated rings. The van der Waals surface area contributed by atoms with Crippen molar-refractivity contribution < 1.29 is 4.79 Å². The highest BCUT2D eigenvalue weighted by molar-refractivity contribution is 6.10. The molecule has 0 aromatic carbocycles. The van der Waals surface area contributed by atoms with E-state index >= 15 is 0 Å². The molecule has 3 rings (SSSR count). The molecule has 0 aromatic rings. The van der Waals surface area contributed by atoms with Crippen LogP contribution >= 0.6 is 0 Å². The predicted molar refractivity (Wildman–Crippen MR) is 75.7 cm³/mol. The van der Waals surface area contributed by atoms with E-state index in [4.69, 9.17) is 0 Å². The fourth-order valence-corrected chi connectivity index (χ4v) is 2.53. The van der Waals surface area contributed by atoms with Gasteiger partial charge in [0.15, 0.2) is 5.78 Å². The van der Waals surface area contributed by atoms with E-state index in [9.17, 15) is 4.79 Å². The number of nitrogens with one attached hydrogen (secondary N) is 2. The van der Waals surface area contributed by atoms with Gasteiger partial charge in [-0.2, -0.15) is 0 Å². The van der Waals surface area contributed by atoms with E-state index < -0.39 is 0 Å². The lowest BCUT2D eigenvalue weighted by molar-refractivity contribution is -0.113. The molecule has 0 unspecified atom stereocenters. The van der Waals surface area contributed by atoms with E-state index in [1.165, 1.54) is 0 Å². The molecule has 2 aliphatic heterocycles. The van der Waals surface area contributed by atoms with E-state index in [-0.39, 0.29) is 5.78 Å². The van der Waals surface area contributed by atoms with Gasteiger partial charge in [0.2, 0.25) is 0 Å². The molecule has 2 N–H and O–H groups in total. The molecular formula is C16H16N2O. The summed E-state index contributed by atoms with van der Waals surface area (Å²) in [6, 6.07) is 0. The zero-order valence-electron chi connectivity index (χ0n) is 10.6. The van der Waals surface area contributed by atoms with Crippen LogP contribution in [0.25, 0.3) is 0 Å². The molecule has 1 aliphatic carbocycles. The van der Waals surface area contributed by atoms with E-state index in [1.807, 2.05) is 48.9 Å². The second-order valence-corrected chi connectivity index (χ2v) is 4.69. The first kappa shape index (κ1) is 11.8. The average molecular weight is 252 g/mol. The molecule has 0 bridgehead atoms. The quantitative estimate of drug-likeness (QED) is 0.651. The van der Waals surface area contributed by atoms with Crippen LogP contribution in [0.3, 0.4) is 0 Å². The Labute approximate surface area is 112 Å². The van der Waals surface area contributed by atoms with E-state index in [2.05, 4.69) is 10.6 Å². The Morgan fingerprint density at radius 1 is 0.789 bits per heavy atom. The minimum Gasteiger partial charge on any atom is -0.361 e. The highest BCUT2D eigenvalue weighted by atomic mass is 16.1. The van der Waals surface area contributed by atoms with Gasteiger partial charge in [-0.05, 0) is 43.6 Å². The standard InChI is InChI=1S/C16H16N2O/c19-16-12(14-8-1-3-10-17-14)6-5-7-13(16)15-9-2-4-11-18-15/h1-4,8-11,17-18H,5-7H2. The van der Waals surface area contributed by atoms with Gasteiger partial charge in [0, 0.05) is 34.9 Å². The second-order valence-electron chi connectivity index (χ2n) is 4.69. The smallest absolute Gasteiger partial charge is 0.189 e. The van der Waals surface area contributed by atoms with Gasteiger partial charge in [0.1, 0.15) is 0 Å². The summed E-state index contributed by atoms with van der Waals surface area (Å²) in [5.74, 6) is 0.163. The molecular weight excluding hydrogens is 236 g/mol. The first-order valence-corrected chi connectivity index (χ1v) is 6.57. The van der Waals surface area contributed by atoms with Gasteiger partial charge >= 0.3 is 0 Å². The van der Waals surface area contributed by atoms with Crippen molar-refractivity contribution >= 4 is 5.78 Å². The molecule has 0 amide bonds. The van der Waals surface area contributed by atoms with Crippen molar-refractivity contribution in [3.05, 3.63) is 71.4 Å². The lowest BCUT2D eigenvalue weighted by Gasteiger charge is -2.22. The molecule has 1 saturated carbocycles. The van der Waals surface area contributed by atoms with Gasteiger partial charge in [-0.15, -0.1) is 0 Å². The topological polar surface area (TPSA) is 41.1 Å².